The van der Waals surface area contributed by atoms with Gasteiger partial charge in [0.1, 0.15) is 12.4 Å². The SMILES string of the molecule is CC.CC(C)C1=Cc2ccccc2OC1. The smallest absolute Gasteiger partial charge is 0.127 e. The van der Waals surface area contributed by atoms with Crippen molar-refractivity contribution in [3.63, 3.8) is 0 Å². The average Bonchev–Trinajstić information content (AvgIpc) is 2.31. The van der Waals surface area contributed by atoms with Gasteiger partial charge in [-0.3, -0.25) is 0 Å². The summed E-state index contributed by atoms with van der Waals surface area (Å²) < 4.78 is 5.63. The van der Waals surface area contributed by atoms with Crippen LogP contribution in [-0.4, -0.2) is 6.61 Å². The van der Waals surface area contributed by atoms with E-state index in [2.05, 4.69) is 26.0 Å². The van der Waals surface area contributed by atoms with Crippen LogP contribution in [0.15, 0.2) is 29.8 Å². The zero-order chi connectivity index (χ0) is 11.3. The summed E-state index contributed by atoms with van der Waals surface area (Å²) in [6.07, 6.45) is 2.24. The minimum absolute atomic E-state index is 0.577. The van der Waals surface area contributed by atoms with Crippen molar-refractivity contribution in [2.75, 3.05) is 6.61 Å². The zero-order valence-corrected chi connectivity index (χ0v) is 10.1. The number of rotatable bonds is 1. The van der Waals surface area contributed by atoms with E-state index >= 15 is 0 Å². The molecule has 0 saturated heterocycles. The van der Waals surface area contributed by atoms with Gasteiger partial charge >= 0.3 is 0 Å². The summed E-state index contributed by atoms with van der Waals surface area (Å²) in [5.41, 5.74) is 2.58. The molecule has 0 aliphatic carbocycles. The minimum atomic E-state index is 0.577. The summed E-state index contributed by atoms with van der Waals surface area (Å²) in [6.45, 7) is 9.14. The fourth-order valence-electron chi connectivity index (χ4n) is 1.47. The van der Waals surface area contributed by atoms with Gasteiger partial charge in [0.05, 0.1) is 0 Å². The molecule has 82 valence electrons. The largest absolute Gasteiger partial charge is 0.489 e. The first-order chi connectivity index (χ1) is 7.27. The van der Waals surface area contributed by atoms with Crippen molar-refractivity contribution in [2.45, 2.75) is 27.7 Å². The van der Waals surface area contributed by atoms with Gasteiger partial charge in [-0.15, -0.1) is 0 Å². The first-order valence-electron chi connectivity index (χ1n) is 5.69. The molecule has 0 unspecified atom stereocenters. The van der Waals surface area contributed by atoms with Crippen LogP contribution >= 0.6 is 0 Å². The molecular formula is C14H20O. The Morgan fingerprint density at radius 1 is 1.13 bits per heavy atom. The average molecular weight is 204 g/mol. The van der Waals surface area contributed by atoms with E-state index < -0.39 is 0 Å². The first-order valence-corrected chi connectivity index (χ1v) is 5.69. The van der Waals surface area contributed by atoms with Crippen molar-refractivity contribution in [2.24, 2.45) is 5.92 Å². The summed E-state index contributed by atoms with van der Waals surface area (Å²) in [4.78, 5) is 0. The van der Waals surface area contributed by atoms with Crippen molar-refractivity contribution >= 4 is 6.08 Å². The van der Waals surface area contributed by atoms with Crippen LogP contribution in [0.5, 0.6) is 5.75 Å². The Bertz CT molecular complexity index is 337. The molecule has 0 saturated carbocycles. The molecule has 0 amide bonds. The number of benzene rings is 1. The Kier molecular flexibility index (Phi) is 4.41. The summed E-state index contributed by atoms with van der Waals surface area (Å²) in [5, 5.41) is 0. The highest BCUT2D eigenvalue weighted by Gasteiger charge is 2.12. The molecule has 0 aromatic heterocycles. The maximum absolute atomic E-state index is 5.63. The second kappa shape index (κ2) is 5.59. The number of ether oxygens (including phenoxy) is 1. The summed E-state index contributed by atoms with van der Waals surface area (Å²) >= 11 is 0. The van der Waals surface area contributed by atoms with Gasteiger partial charge < -0.3 is 4.74 Å². The fourth-order valence-corrected chi connectivity index (χ4v) is 1.47. The van der Waals surface area contributed by atoms with E-state index in [1.54, 1.807) is 0 Å². The third-order valence-electron chi connectivity index (χ3n) is 2.40. The molecule has 0 N–H and O–H groups in total. The highest BCUT2D eigenvalue weighted by atomic mass is 16.5. The van der Waals surface area contributed by atoms with Crippen molar-refractivity contribution in [1.29, 1.82) is 0 Å². The molecule has 1 aliphatic heterocycles. The third-order valence-corrected chi connectivity index (χ3v) is 2.40. The number of hydrogen-bond acceptors (Lipinski definition) is 1. The maximum atomic E-state index is 5.63. The highest BCUT2D eigenvalue weighted by Crippen LogP contribution is 2.28. The molecule has 1 aromatic rings. The van der Waals surface area contributed by atoms with Crippen molar-refractivity contribution < 1.29 is 4.74 Å². The fraction of sp³-hybridized carbons (Fsp3) is 0.429. The Balaban J connectivity index is 0.000000531. The Hall–Kier alpha value is -1.24. The second-order valence-corrected chi connectivity index (χ2v) is 3.70. The zero-order valence-electron chi connectivity index (χ0n) is 10.1. The monoisotopic (exact) mass is 204 g/mol. The first kappa shape index (κ1) is 11.8. The van der Waals surface area contributed by atoms with E-state index in [-0.39, 0.29) is 0 Å². The van der Waals surface area contributed by atoms with Crippen LogP contribution in [0.2, 0.25) is 0 Å². The van der Waals surface area contributed by atoms with Gasteiger partial charge in [0, 0.05) is 5.56 Å². The van der Waals surface area contributed by atoms with Gasteiger partial charge in [0.2, 0.25) is 0 Å². The molecule has 0 atom stereocenters. The Labute approximate surface area is 92.8 Å². The van der Waals surface area contributed by atoms with Crippen LogP contribution in [0, 0.1) is 5.92 Å². The van der Waals surface area contributed by atoms with Crippen LogP contribution in [0.4, 0.5) is 0 Å². The maximum Gasteiger partial charge on any atom is 0.127 e. The molecule has 1 heterocycles. The van der Waals surface area contributed by atoms with Crippen LogP contribution in [0.1, 0.15) is 33.3 Å². The van der Waals surface area contributed by atoms with Crippen LogP contribution in [-0.2, 0) is 0 Å². The molecular weight excluding hydrogens is 184 g/mol. The predicted octanol–water partition coefficient (Wildman–Crippen LogP) is 4.14. The van der Waals surface area contributed by atoms with Crippen LogP contribution in [0.25, 0.3) is 6.08 Å². The number of fused-ring (bicyclic) bond motifs is 1. The quantitative estimate of drug-likeness (QED) is 0.668. The third kappa shape index (κ3) is 2.85. The van der Waals surface area contributed by atoms with E-state index in [0.717, 1.165) is 12.4 Å². The van der Waals surface area contributed by atoms with Gasteiger partial charge in [0.25, 0.3) is 0 Å². The lowest BCUT2D eigenvalue weighted by Crippen LogP contribution is -2.10. The molecule has 0 spiro atoms. The number of para-hydroxylation sites is 1. The van der Waals surface area contributed by atoms with E-state index in [4.69, 9.17) is 4.74 Å². The second-order valence-electron chi connectivity index (χ2n) is 3.70. The van der Waals surface area contributed by atoms with Gasteiger partial charge in [-0.25, -0.2) is 0 Å². The Morgan fingerprint density at radius 3 is 2.47 bits per heavy atom. The molecule has 0 radical (unpaired) electrons. The van der Waals surface area contributed by atoms with Crippen molar-refractivity contribution in [3.05, 3.63) is 35.4 Å². The lowest BCUT2D eigenvalue weighted by Gasteiger charge is -2.19. The van der Waals surface area contributed by atoms with E-state index in [1.165, 1.54) is 11.1 Å². The minimum Gasteiger partial charge on any atom is -0.489 e. The van der Waals surface area contributed by atoms with Gasteiger partial charge in [-0.1, -0.05) is 45.9 Å². The van der Waals surface area contributed by atoms with E-state index in [0.29, 0.717) is 5.92 Å². The van der Waals surface area contributed by atoms with Crippen molar-refractivity contribution in [1.82, 2.24) is 0 Å². The van der Waals surface area contributed by atoms with Gasteiger partial charge in [-0.05, 0) is 23.6 Å². The molecule has 0 fully saturated rings. The van der Waals surface area contributed by atoms with Gasteiger partial charge in [0.15, 0.2) is 0 Å². The molecule has 0 bridgehead atoms. The predicted molar refractivity (Wildman–Crippen MR) is 66.1 cm³/mol. The normalized spacial score (nSPS) is 13.3. The highest BCUT2D eigenvalue weighted by molar-refractivity contribution is 5.62. The van der Waals surface area contributed by atoms with Crippen LogP contribution in [0.3, 0.4) is 0 Å². The van der Waals surface area contributed by atoms with Crippen molar-refractivity contribution in [3.8, 4) is 5.75 Å². The molecule has 1 heteroatoms. The summed E-state index contributed by atoms with van der Waals surface area (Å²) in [6, 6.07) is 8.16. The van der Waals surface area contributed by atoms with E-state index in [1.807, 2.05) is 32.0 Å². The van der Waals surface area contributed by atoms with Crippen LogP contribution < -0.4 is 4.74 Å². The Morgan fingerprint density at radius 2 is 1.80 bits per heavy atom. The molecule has 1 nitrogen and oxygen atoms in total. The summed E-state index contributed by atoms with van der Waals surface area (Å²) in [5.74, 6) is 1.58. The van der Waals surface area contributed by atoms with E-state index in [9.17, 15) is 0 Å². The number of hydrogen-bond donors (Lipinski definition) is 0. The molecule has 15 heavy (non-hydrogen) atoms. The topological polar surface area (TPSA) is 9.23 Å². The lowest BCUT2D eigenvalue weighted by atomic mass is 9.99. The lowest BCUT2D eigenvalue weighted by molar-refractivity contribution is 0.334. The standard InChI is InChI=1S/C12H14O.C2H6/c1-9(2)11-7-10-5-3-4-6-12(10)13-8-11;1-2/h3-7,9H,8H2,1-2H3;1-2H3. The summed E-state index contributed by atoms with van der Waals surface area (Å²) in [7, 11) is 0. The molecule has 2 rings (SSSR count). The molecule has 1 aliphatic rings. The molecule has 1 aromatic carbocycles. The van der Waals surface area contributed by atoms with Gasteiger partial charge in [-0.2, -0.15) is 0 Å².